The number of hydrogen-bond donors (Lipinski definition) is 1. The molecule has 0 aliphatic rings. The molecule has 2 aromatic rings. The highest BCUT2D eigenvalue weighted by Crippen LogP contribution is 2.43. The molecular weight excluding hydrogens is 350 g/mol. The van der Waals surface area contributed by atoms with E-state index >= 15 is 0 Å². The molecule has 0 unspecified atom stereocenters. The SMILES string of the molecule is CC(C)NCc1cncc(-c2c(Cl)c(Cl)cc(Cl)c2Cl)c1. The van der Waals surface area contributed by atoms with Crippen molar-refractivity contribution in [1.29, 1.82) is 0 Å². The number of rotatable bonds is 4. The number of halogens is 4. The van der Waals surface area contributed by atoms with Gasteiger partial charge in [0.2, 0.25) is 0 Å². The fourth-order valence-electron chi connectivity index (χ4n) is 1.87. The van der Waals surface area contributed by atoms with Crippen LogP contribution in [0.3, 0.4) is 0 Å². The Kier molecular flexibility index (Phi) is 5.75. The summed E-state index contributed by atoms with van der Waals surface area (Å²) >= 11 is 24.7. The Morgan fingerprint density at radius 1 is 1.00 bits per heavy atom. The maximum Gasteiger partial charge on any atom is 0.0687 e. The van der Waals surface area contributed by atoms with Crippen molar-refractivity contribution in [2.45, 2.75) is 26.4 Å². The van der Waals surface area contributed by atoms with Crippen molar-refractivity contribution < 1.29 is 0 Å². The van der Waals surface area contributed by atoms with Gasteiger partial charge in [-0.15, -0.1) is 0 Å². The summed E-state index contributed by atoms with van der Waals surface area (Å²) in [6.45, 7) is 4.88. The predicted octanol–water partition coefficient (Wildman–Crippen LogP) is 5.86. The van der Waals surface area contributed by atoms with Gasteiger partial charge in [-0.2, -0.15) is 0 Å². The summed E-state index contributed by atoms with van der Waals surface area (Å²) in [7, 11) is 0. The maximum atomic E-state index is 6.27. The fraction of sp³-hybridized carbons (Fsp3) is 0.267. The molecule has 2 rings (SSSR count). The number of aromatic nitrogens is 1. The molecule has 0 fully saturated rings. The molecule has 6 heteroatoms. The van der Waals surface area contributed by atoms with Crippen molar-refractivity contribution in [1.82, 2.24) is 10.3 Å². The molecule has 1 N–H and O–H groups in total. The molecule has 1 heterocycles. The van der Waals surface area contributed by atoms with Crippen LogP contribution in [0.5, 0.6) is 0 Å². The molecule has 0 saturated heterocycles. The first-order valence-electron chi connectivity index (χ1n) is 6.40. The third kappa shape index (κ3) is 4.02. The van der Waals surface area contributed by atoms with E-state index in [9.17, 15) is 0 Å². The molecule has 0 radical (unpaired) electrons. The minimum atomic E-state index is 0.367. The largest absolute Gasteiger partial charge is 0.310 e. The van der Waals surface area contributed by atoms with Gasteiger partial charge in [-0.05, 0) is 17.7 Å². The summed E-state index contributed by atoms with van der Waals surface area (Å²) < 4.78 is 0. The van der Waals surface area contributed by atoms with Crippen LogP contribution in [0.4, 0.5) is 0 Å². The molecule has 1 aromatic heterocycles. The van der Waals surface area contributed by atoms with Crippen molar-refractivity contribution >= 4 is 46.4 Å². The summed E-state index contributed by atoms with van der Waals surface area (Å²) in [5.41, 5.74) is 2.43. The van der Waals surface area contributed by atoms with Crippen molar-refractivity contribution in [3.63, 3.8) is 0 Å². The Hall–Kier alpha value is -0.510. The average molecular weight is 364 g/mol. The monoisotopic (exact) mass is 362 g/mol. The van der Waals surface area contributed by atoms with Crippen LogP contribution in [0.2, 0.25) is 20.1 Å². The van der Waals surface area contributed by atoms with Crippen molar-refractivity contribution in [3.8, 4) is 11.1 Å². The number of nitrogens with one attached hydrogen (secondary N) is 1. The van der Waals surface area contributed by atoms with Gasteiger partial charge in [0, 0.05) is 36.1 Å². The van der Waals surface area contributed by atoms with Crippen LogP contribution in [0.25, 0.3) is 11.1 Å². The first kappa shape index (κ1) is 16.9. The quantitative estimate of drug-likeness (QED) is 0.688. The molecule has 0 saturated carbocycles. The van der Waals surface area contributed by atoms with E-state index in [1.807, 2.05) is 6.07 Å². The lowest BCUT2D eigenvalue weighted by Gasteiger charge is -2.12. The lowest BCUT2D eigenvalue weighted by molar-refractivity contribution is 0.588. The summed E-state index contributed by atoms with van der Waals surface area (Å²) in [4.78, 5) is 4.24. The number of pyridine rings is 1. The zero-order valence-corrected chi connectivity index (χ0v) is 14.6. The fourth-order valence-corrected chi connectivity index (χ4v) is 2.90. The molecule has 2 nitrogen and oxygen atoms in total. The molecule has 0 atom stereocenters. The van der Waals surface area contributed by atoms with Crippen molar-refractivity contribution in [2.24, 2.45) is 0 Å². The van der Waals surface area contributed by atoms with Crippen LogP contribution in [-0.2, 0) is 6.54 Å². The third-order valence-corrected chi connectivity index (χ3v) is 4.48. The van der Waals surface area contributed by atoms with E-state index in [4.69, 9.17) is 46.4 Å². The standard InChI is InChI=1S/C15H14Cl4N2/c1-8(2)21-6-9-3-10(7-20-5-9)13-14(18)11(16)4-12(17)15(13)19/h3-5,7-8,21H,6H2,1-2H3. The van der Waals surface area contributed by atoms with Crippen molar-refractivity contribution in [2.75, 3.05) is 0 Å². The van der Waals surface area contributed by atoms with E-state index < -0.39 is 0 Å². The molecule has 1 aromatic carbocycles. The smallest absolute Gasteiger partial charge is 0.0687 e. The van der Waals surface area contributed by atoms with Crippen LogP contribution in [-0.4, -0.2) is 11.0 Å². The first-order chi connectivity index (χ1) is 9.90. The lowest BCUT2D eigenvalue weighted by atomic mass is 10.1. The molecule has 112 valence electrons. The van der Waals surface area contributed by atoms with E-state index in [1.165, 1.54) is 6.07 Å². The number of benzene rings is 1. The second-order valence-corrected chi connectivity index (χ2v) is 6.53. The second-order valence-electron chi connectivity index (χ2n) is 4.96. The Balaban J connectivity index is 2.45. The van der Waals surface area contributed by atoms with Gasteiger partial charge < -0.3 is 5.32 Å². The van der Waals surface area contributed by atoms with Gasteiger partial charge in [-0.3, -0.25) is 4.98 Å². The zero-order valence-electron chi connectivity index (χ0n) is 11.6. The minimum absolute atomic E-state index is 0.367. The summed E-state index contributed by atoms with van der Waals surface area (Å²) in [5, 5.41) is 4.82. The molecule has 0 aliphatic heterocycles. The highest BCUT2D eigenvalue weighted by atomic mass is 35.5. The van der Waals surface area contributed by atoms with Gasteiger partial charge in [-0.25, -0.2) is 0 Å². The number of hydrogen-bond acceptors (Lipinski definition) is 2. The van der Waals surface area contributed by atoms with Crippen LogP contribution < -0.4 is 5.32 Å². The summed E-state index contributed by atoms with van der Waals surface area (Å²) in [6.07, 6.45) is 3.49. The van der Waals surface area contributed by atoms with Gasteiger partial charge in [0.15, 0.2) is 0 Å². The van der Waals surface area contributed by atoms with Gasteiger partial charge in [-0.1, -0.05) is 60.3 Å². The Morgan fingerprint density at radius 3 is 2.19 bits per heavy atom. The molecular formula is C15H14Cl4N2. The predicted molar refractivity (Wildman–Crippen MR) is 91.7 cm³/mol. The average Bonchev–Trinajstić information content (AvgIpc) is 2.44. The zero-order chi connectivity index (χ0) is 15.6. The van der Waals surface area contributed by atoms with E-state index in [2.05, 4.69) is 24.1 Å². The Bertz CT molecular complexity index is 630. The third-order valence-electron chi connectivity index (χ3n) is 2.91. The van der Waals surface area contributed by atoms with Gasteiger partial charge in [0.05, 0.1) is 20.1 Å². The minimum Gasteiger partial charge on any atom is -0.310 e. The van der Waals surface area contributed by atoms with Crippen LogP contribution in [0, 0.1) is 0 Å². The molecule has 21 heavy (non-hydrogen) atoms. The highest BCUT2D eigenvalue weighted by molar-refractivity contribution is 6.50. The Morgan fingerprint density at radius 2 is 1.62 bits per heavy atom. The van der Waals surface area contributed by atoms with E-state index in [1.54, 1.807) is 12.4 Å². The first-order valence-corrected chi connectivity index (χ1v) is 7.92. The molecule has 0 spiro atoms. The second kappa shape index (κ2) is 7.17. The maximum absolute atomic E-state index is 6.27. The normalized spacial score (nSPS) is 11.2. The topological polar surface area (TPSA) is 24.9 Å². The van der Waals surface area contributed by atoms with E-state index in [0.717, 1.165) is 11.1 Å². The highest BCUT2D eigenvalue weighted by Gasteiger charge is 2.16. The number of nitrogens with zero attached hydrogens (tertiary/aromatic N) is 1. The molecule has 0 amide bonds. The van der Waals surface area contributed by atoms with E-state index in [-0.39, 0.29) is 0 Å². The van der Waals surface area contributed by atoms with Crippen molar-refractivity contribution in [3.05, 3.63) is 50.2 Å². The summed E-state index contributed by atoms with van der Waals surface area (Å²) in [6, 6.07) is 3.90. The van der Waals surface area contributed by atoms with Crippen LogP contribution in [0.1, 0.15) is 19.4 Å². The van der Waals surface area contributed by atoms with E-state index in [0.29, 0.717) is 38.2 Å². The molecule has 0 aliphatic carbocycles. The van der Waals surface area contributed by atoms with Gasteiger partial charge >= 0.3 is 0 Å². The van der Waals surface area contributed by atoms with Crippen LogP contribution in [0.15, 0.2) is 24.5 Å². The molecule has 0 bridgehead atoms. The van der Waals surface area contributed by atoms with Gasteiger partial charge in [0.25, 0.3) is 0 Å². The summed E-state index contributed by atoms with van der Waals surface area (Å²) in [5.74, 6) is 0. The Labute approximate surface area is 144 Å². The lowest BCUT2D eigenvalue weighted by Crippen LogP contribution is -2.21. The van der Waals surface area contributed by atoms with Gasteiger partial charge in [0.1, 0.15) is 0 Å². The van der Waals surface area contributed by atoms with Crippen LogP contribution >= 0.6 is 46.4 Å².